The maximum Gasteiger partial charge on any atom is 0.229 e. The van der Waals surface area contributed by atoms with E-state index in [1.54, 1.807) is 0 Å². The second-order valence-corrected chi connectivity index (χ2v) is 4.73. The van der Waals surface area contributed by atoms with Crippen LogP contribution in [0.2, 0.25) is 0 Å². The lowest BCUT2D eigenvalue weighted by Gasteiger charge is -2.27. The minimum Gasteiger partial charge on any atom is -0.330 e. The minimum absolute atomic E-state index is 0.0578. The number of carbonyl (C=O) groups excluding carboxylic acids is 1. The van der Waals surface area contributed by atoms with Crippen LogP contribution in [0.3, 0.4) is 0 Å². The second-order valence-electron chi connectivity index (χ2n) is 4.73. The van der Waals surface area contributed by atoms with Gasteiger partial charge in [0, 0.05) is 18.2 Å². The number of rotatable bonds is 6. The molecule has 0 spiro atoms. The molecule has 1 unspecified atom stereocenters. The van der Waals surface area contributed by atoms with Crippen LogP contribution in [0.4, 0.5) is 5.69 Å². The number of anilines is 1. The lowest BCUT2D eigenvalue weighted by Crippen LogP contribution is -2.37. The van der Waals surface area contributed by atoms with Crippen molar-refractivity contribution in [2.24, 2.45) is 11.7 Å². The number of aryl methyl sites for hydroxylation is 1. The van der Waals surface area contributed by atoms with Crippen molar-refractivity contribution >= 4 is 11.6 Å². The van der Waals surface area contributed by atoms with Gasteiger partial charge in [0.2, 0.25) is 5.91 Å². The lowest BCUT2D eigenvalue weighted by molar-refractivity contribution is -0.122. The summed E-state index contributed by atoms with van der Waals surface area (Å²) in [5.74, 6) is 0.252. The molecule has 0 radical (unpaired) electrons. The fraction of sp³-hybridized carbons (Fsp3) is 0.533. The molecule has 1 amide bonds. The van der Waals surface area contributed by atoms with Gasteiger partial charge in [0.1, 0.15) is 0 Å². The van der Waals surface area contributed by atoms with Crippen LogP contribution in [0.1, 0.15) is 32.3 Å². The Morgan fingerprint density at radius 2 is 2.06 bits per heavy atom. The number of nitrogens with two attached hydrogens (primary N) is 1. The summed E-state index contributed by atoms with van der Waals surface area (Å²) in [6.45, 7) is 7.37. The monoisotopic (exact) mass is 248 g/mol. The minimum atomic E-state index is 0.0578. The fourth-order valence-corrected chi connectivity index (χ4v) is 1.91. The SMILES string of the molecule is CCC(C)C(=O)N(CCCN)c1ccccc1C. The molecule has 18 heavy (non-hydrogen) atoms. The zero-order chi connectivity index (χ0) is 13.5. The summed E-state index contributed by atoms with van der Waals surface area (Å²) < 4.78 is 0. The molecule has 0 heterocycles. The Kier molecular flexibility index (Phi) is 5.86. The van der Waals surface area contributed by atoms with E-state index in [0.717, 1.165) is 24.1 Å². The molecular formula is C15H24N2O. The van der Waals surface area contributed by atoms with Crippen molar-refractivity contribution < 1.29 is 4.79 Å². The average Bonchev–Trinajstić information content (AvgIpc) is 2.39. The van der Waals surface area contributed by atoms with Gasteiger partial charge in [0.25, 0.3) is 0 Å². The predicted octanol–water partition coefficient (Wildman–Crippen LogP) is 2.72. The number of amides is 1. The van der Waals surface area contributed by atoms with E-state index in [9.17, 15) is 4.79 Å². The summed E-state index contributed by atoms with van der Waals surface area (Å²) in [4.78, 5) is 14.3. The third-order valence-electron chi connectivity index (χ3n) is 3.29. The Morgan fingerprint density at radius 3 is 2.61 bits per heavy atom. The van der Waals surface area contributed by atoms with E-state index in [2.05, 4.69) is 0 Å². The first-order valence-corrected chi connectivity index (χ1v) is 6.68. The molecule has 2 N–H and O–H groups in total. The van der Waals surface area contributed by atoms with Gasteiger partial charge in [0.05, 0.1) is 0 Å². The van der Waals surface area contributed by atoms with Gasteiger partial charge >= 0.3 is 0 Å². The summed E-state index contributed by atoms with van der Waals surface area (Å²) in [6, 6.07) is 8.01. The second kappa shape index (κ2) is 7.17. The Balaban J connectivity index is 2.98. The van der Waals surface area contributed by atoms with Crippen LogP contribution in [0.5, 0.6) is 0 Å². The van der Waals surface area contributed by atoms with Crippen molar-refractivity contribution in [1.29, 1.82) is 0 Å². The molecule has 0 aliphatic rings. The highest BCUT2D eigenvalue weighted by Gasteiger charge is 2.21. The molecule has 100 valence electrons. The molecule has 1 atom stereocenters. The van der Waals surface area contributed by atoms with Crippen LogP contribution in [-0.2, 0) is 4.79 Å². The smallest absolute Gasteiger partial charge is 0.229 e. The average molecular weight is 248 g/mol. The van der Waals surface area contributed by atoms with Crippen molar-refractivity contribution in [2.45, 2.75) is 33.6 Å². The van der Waals surface area contributed by atoms with Crippen molar-refractivity contribution in [3.05, 3.63) is 29.8 Å². The highest BCUT2D eigenvalue weighted by Crippen LogP contribution is 2.22. The number of hydrogen-bond donors (Lipinski definition) is 1. The molecule has 3 heteroatoms. The van der Waals surface area contributed by atoms with Crippen molar-refractivity contribution in [3.63, 3.8) is 0 Å². The number of carbonyl (C=O) groups is 1. The summed E-state index contributed by atoms with van der Waals surface area (Å²) in [5.41, 5.74) is 7.70. The predicted molar refractivity (Wildman–Crippen MR) is 76.7 cm³/mol. The van der Waals surface area contributed by atoms with Crippen molar-refractivity contribution in [1.82, 2.24) is 0 Å². The van der Waals surface area contributed by atoms with E-state index < -0.39 is 0 Å². The number of hydrogen-bond acceptors (Lipinski definition) is 2. The molecule has 1 aromatic rings. The van der Waals surface area contributed by atoms with E-state index >= 15 is 0 Å². The maximum atomic E-state index is 12.4. The molecule has 1 aromatic carbocycles. The molecule has 0 aromatic heterocycles. The van der Waals surface area contributed by atoms with Gasteiger partial charge in [-0.25, -0.2) is 0 Å². The first kappa shape index (κ1) is 14.7. The first-order chi connectivity index (χ1) is 8.61. The van der Waals surface area contributed by atoms with Crippen LogP contribution < -0.4 is 10.6 Å². The molecule has 0 saturated carbocycles. The molecule has 0 saturated heterocycles. The Morgan fingerprint density at radius 1 is 1.39 bits per heavy atom. The van der Waals surface area contributed by atoms with E-state index in [1.165, 1.54) is 0 Å². The van der Waals surface area contributed by atoms with Gasteiger partial charge in [-0.3, -0.25) is 4.79 Å². The van der Waals surface area contributed by atoms with E-state index in [0.29, 0.717) is 13.1 Å². The van der Waals surface area contributed by atoms with Gasteiger partial charge in [0.15, 0.2) is 0 Å². The number of para-hydroxylation sites is 1. The topological polar surface area (TPSA) is 46.3 Å². The molecule has 0 fully saturated rings. The zero-order valence-corrected chi connectivity index (χ0v) is 11.6. The van der Waals surface area contributed by atoms with Gasteiger partial charge in [-0.1, -0.05) is 32.0 Å². The molecule has 0 aliphatic carbocycles. The summed E-state index contributed by atoms with van der Waals surface area (Å²) in [6.07, 6.45) is 1.69. The van der Waals surface area contributed by atoms with Gasteiger partial charge in [-0.05, 0) is 37.9 Å². The third kappa shape index (κ3) is 3.57. The molecule has 0 bridgehead atoms. The molecular weight excluding hydrogens is 224 g/mol. The van der Waals surface area contributed by atoms with Crippen molar-refractivity contribution in [2.75, 3.05) is 18.0 Å². The normalized spacial score (nSPS) is 12.2. The van der Waals surface area contributed by atoms with Crippen LogP contribution >= 0.6 is 0 Å². The van der Waals surface area contributed by atoms with Gasteiger partial charge in [-0.2, -0.15) is 0 Å². The Labute approximate surface area is 110 Å². The summed E-state index contributed by atoms with van der Waals surface area (Å²) >= 11 is 0. The van der Waals surface area contributed by atoms with Crippen LogP contribution in [0.15, 0.2) is 24.3 Å². The van der Waals surface area contributed by atoms with Crippen LogP contribution in [0.25, 0.3) is 0 Å². The lowest BCUT2D eigenvalue weighted by atomic mass is 10.1. The number of benzene rings is 1. The quantitative estimate of drug-likeness (QED) is 0.841. The molecule has 3 nitrogen and oxygen atoms in total. The van der Waals surface area contributed by atoms with E-state index in [1.807, 2.05) is 49.9 Å². The van der Waals surface area contributed by atoms with Crippen molar-refractivity contribution in [3.8, 4) is 0 Å². The fourth-order valence-electron chi connectivity index (χ4n) is 1.91. The Hall–Kier alpha value is -1.35. The highest BCUT2D eigenvalue weighted by atomic mass is 16.2. The van der Waals surface area contributed by atoms with Gasteiger partial charge in [-0.15, -0.1) is 0 Å². The largest absolute Gasteiger partial charge is 0.330 e. The van der Waals surface area contributed by atoms with E-state index in [4.69, 9.17) is 5.73 Å². The molecule has 0 aliphatic heterocycles. The summed E-state index contributed by atoms with van der Waals surface area (Å²) in [5, 5.41) is 0. The van der Waals surface area contributed by atoms with Gasteiger partial charge < -0.3 is 10.6 Å². The van der Waals surface area contributed by atoms with E-state index in [-0.39, 0.29) is 11.8 Å². The molecule has 1 rings (SSSR count). The summed E-state index contributed by atoms with van der Waals surface area (Å²) in [7, 11) is 0. The first-order valence-electron chi connectivity index (χ1n) is 6.68. The zero-order valence-electron chi connectivity index (χ0n) is 11.6. The third-order valence-corrected chi connectivity index (χ3v) is 3.29. The maximum absolute atomic E-state index is 12.4. The number of nitrogens with zero attached hydrogens (tertiary/aromatic N) is 1. The van der Waals surface area contributed by atoms with Crippen LogP contribution in [-0.4, -0.2) is 19.0 Å². The standard InChI is InChI=1S/C15H24N2O/c1-4-12(2)15(18)17(11-7-10-16)14-9-6-5-8-13(14)3/h5-6,8-9,12H,4,7,10-11,16H2,1-3H3. The highest BCUT2D eigenvalue weighted by molar-refractivity contribution is 5.95. The Bertz CT molecular complexity index is 390. The van der Waals surface area contributed by atoms with Crippen LogP contribution in [0, 0.1) is 12.8 Å².